The van der Waals surface area contributed by atoms with Gasteiger partial charge in [-0.2, -0.15) is 0 Å². The van der Waals surface area contributed by atoms with Crippen molar-refractivity contribution in [2.75, 3.05) is 14.7 Å². The maximum Gasteiger partial charge on any atom is 0.252 e. The normalized spacial score (nSPS) is 21.1. The fourth-order valence-corrected chi connectivity index (χ4v) is 15.5. The Bertz CT molecular complexity index is 3780. The number of hydrogen-bond acceptors (Lipinski definition) is 3. The molecule has 8 aromatic carbocycles. The van der Waals surface area contributed by atoms with Crippen LogP contribution in [0.3, 0.4) is 0 Å². The molecular weight excluding hydrogens is 942 g/mol. The molecule has 0 aromatic heterocycles. The predicted octanol–water partition coefficient (Wildman–Crippen LogP) is 18.0. The van der Waals surface area contributed by atoms with Crippen molar-refractivity contribution in [3.63, 3.8) is 0 Å². The van der Waals surface area contributed by atoms with E-state index in [9.17, 15) is 0 Å². The van der Waals surface area contributed by atoms with E-state index < -0.39 is 0 Å². The van der Waals surface area contributed by atoms with Gasteiger partial charge in [0.15, 0.2) is 0 Å². The zero-order valence-corrected chi connectivity index (χ0v) is 49.2. The summed E-state index contributed by atoms with van der Waals surface area (Å²) in [5, 5.41) is 0. The highest BCUT2D eigenvalue weighted by Gasteiger charge is 2.62. The van der Waals surface area contributed by atoms with E-state index in [1.807, 2.05) is 0 Å². The van der Waals surface area contributed by atoms with Crippen molar-refractivity contribution in [1.29, 1.82) is 0 Å². The Labute approximate surface area is 466 Å². The van der Waals surface area contributed by atoms with E-state index in [4.69, 9.17) is 0 Å². The minimum Gasteiger partial charge on any atom is -0.335 e. The zero-order valence-electron chi connectivity index (χ0n) is 49.2. The maximum atomic E-state index is 2.94. The second-order valence-corrected chi connectivity index (χ2v) is 29.1. The summed E-state index contributed by atoms with van der Waals surface area (Å²) in [4.78, 5) is 8.26. The summed E-state index contributed by atoms with van der Waals surface area (Å²) >= 11 is 0. The van der Waals surface area contributed by atoms with Crippen LogP contribution < -0.4 is 31.1 Å². The molecule has 78 heavy (non-hydrogen) atoms. The lowest BCUT2D eigenvalue weighted by atomic mass is 9.33. The molecule has 0 saturated heterocycles. The lowest BCUT2D eigenvalue weighted by Gasteiger charge is -2.53. The van der Waals surface area contributed by atoms with E-state index in [0.29, 0.717) is 0 Å². The van der Waals surface area contributed by atoms with Gasteiger partial charge in [0.1, 0.15) is 0 Å². The van der Waals surface area contributed by atoms with Crippen LogP contribution in [0.5, 0.6) is 0 Å². The molecule has 1 fully saturated rings. The zero-order chi connectivity index (χ0) is 54.6. The first-order chi connectivity index (χ1) is 36.8. The number of fused-ring (bicyclic) bond motifs is 10. The van der Waals surface area contributed by atoms with Gasteiger partial charge in [-0.15, -0.1) is 0 Å². The van der Waals surface area contributed by atoms with Crippen molar-refractivity contribution < 1.29 is 0 Å². The van der Waals surface area contributed by atoms with E-state index in [2.05, 4.69) is 270 Å². The first-order valence-corrected chi connectivity index (χ1v) is 29.3. The third-order valence-corrected chi connectivity index (χ3v) is 20.4. The fourth-order valence-electron chi connectivity index (χ4n) is 15.5. The molecule has 1 saturated carbocycles. The maximum absolute atomic E-state index is 2.94. The van der Waals surface area contributed by atoms with Crippen molar-refractivity contribution in [2.45, 2.75) is 168 Å². The molecule has 3 atom stereocenters. The second-order valence-electron chi connectivity index (χ2n) is 29.1. The lowest BCUT2D eigenvalue weighted by Crippen LogP contribution is -2.64. The number of rotatable bonds is 3. The van der Waals surface area contributed by atoms with Crippen LogP contribution in [0, 0.1) is 0 Å². The lowest BCUT2D eigenvalue weighted by molar-refractivity contribution is 0.195. The molecule has 8 aromatic rings. The van der Waals surface area contributed by atoms with Gasteiger partial charge in [0, 0.05) is 50.5 Å². The van der Waals surface area contributed by atoms with E-state index in [-0.39, 0.29) is 44.7 Å². The molecule has 4 bridgehead atoms. The molecule has 0 N–H and O–H groups in total. The van der Waals surface area contributed by atoms with Crippen molar-refractivity contribution >= 4 is 68.6 Å². The smallest absolute Gasteiger partial charge is 0.252 e. The third-order valence-electron chi connectivity index (χ3n) is 20.4. The molecule has 7 aliphatic rings. The summed E-state index contributed by atoms with van der Waals surface area (Å²) in [5.74, 6) is 0. The minimum atomic E-state index is -0.365. The van der Waals surface area contributed by atoms with Crippen LogP contribution >= 0.6 is 0 Å². The minimum absolute atomic E-state index is 0.0134. The summed E-state index contributed by atoms with van der Waals surface area (Å²) in [6.07, 6.45) is 4.77. The molecule has 3 unspecified atom stereocenters. The van der Waals surface area contributed by atoms with Gasteiger partial charge in [-0.25, -0.2) is 0 Å². The summed E-state index contributed by atoms with van der Waals surface area (Å²) < 4.78 is 0. The van der Waals surface area contributed by atoms with Crippen LogP contribution in [0.1, 0.15) is 174 Å². The van der Waals surface area contributed by atoms with E-state index in [1.54, 1.807) is 5.56 Å². The van der Waals surface area contributed by atoms with Crippen LogP contribution in [-0.2, 0) is 32.5 Å². The number of benzene rings is 8. The number of anilines is 8. The molecule has 15 rings (SSSR count). The van der Waals surface area contributed by atoms with E-state index in [0.717, 1.165) is 17.8 Å². The quantitative estimate of drug-likeness (QED) is 0.163. The second kappa shape index (κ2) is 16.0. The van der Waals surface area contributed by atoms with Crippen molar-refractivity contribution in [2.24, 2.45) is 0 Å². The average molecular weight is 1020 g/mol. The van der Waals surface area contributed by atoms with E-state index in [1.165, 1.54) is 131 Å². The molecule has 0 amide bonds. The van der Waals surface area contributed by atoms with Crippen LogP contribution in [-0.4, -0.2) is 12.3 Å². The van der Waals surface area contributed by atoms with Gasteiger partial charge >= 0.3 is 0 Å². The topological polar surface area (TPSA) is 9.72 Å². The Morgan fingerprint density at radius 3 is 1.65 bits per heavy atom. The van der Waals surface area contributed by atoms with Gasteiger partial charge in [0.05, 0.1) is 16.9 Å². The van der Waals surface area contributed by atoms with Gasteiger partial charge in [-0.1, -0.05) is 200 Å². The van der Waals surface area contributed by atoms with Crippen LogP contribution in [0.25, 0.3) is 22.3 Å². The molecule has 3 nitrogen and oxygen atoms in total. The molecule has 4 heteroatoms. The Morgan fingerprint density at radius 2 is 1.03 bits per heavy atom. The molecule has 2 aliphatic carbocycles. The Kier molecular flexibility index (Phi) is 10.1. The summed E-state index contributed by atoms with van der Waals surface area (Å²) in [6.45, 7) is 36.1. The van der Waals surface area contributed by atoms with E-state index >= 15 is 0 Å². The molecule has 0 spiro atoms. The Balaban J connectivity index is 1.16. The number of nitrogens with zero attached hydrogens (tertiary/aromatic N) is 3. The molecule has 0 radical (unpaired) electrons. The van der Waals surface area contributed by atoms with Crippen molar-refractivity contribution in [3.05, 3.63) is 196 Å². The highest BCUT2D eigenvalue weighted by molar-refractivity contribution is 7.00. The van der Waals surface area contributed by atoms with Crippen LogP contribution in [0.15, 0.2) is 152 Å². The summed E-state index contributed by atoms with van der Waals surface area (Å²) in [6, 6.07) is 61.3. The van der Waals surface area contributed by atoms with Gasteiger partial charge in [-0.3, -0.25) is 0 Å². The monoisotopic (exact) mass is 1020 g/mol. The first-order valence-electron chi connectivity index (χ1n) is 29.3. The van der Waals surface area contributed by atoms with Crippen molar-refractivity contribution in [1.82, 2.24) is 0 Å². The highest BCUT2D eigenvalue weighted by atomic mass is 15.3. The Morgan fingerprint density at radius 1 is 0.436 bits per heavy atom. The Hall–Kier alpha value is -6.78. The first kappa shape index (κ1) is 49.5. The third kappa shape index (κ3) is 6.70. The predicted molar refractivity (Wildman–Crippen MR) is 334 cm³/mol. The summed E-state index contributed by atoms with van der Waals surface area (Å²) in [7, 11) is 0. The average Bonchev–Trinajstić information content (AvgIpc) is 3.76. The molecule has 5 heterocycles. The SMILES string of the molecule is CC(C)(C)c1ccc(N(c2ccc(C(C)(C)C)cc2)c2cc3c4c(c2)N2c5c(cc(C(C)(C)C)cc5C5(C)CCCCC25C)B4c2cc4c5cc2N3c2ccc(C(C)(C)C)cc2-c2ccc(cc2)C5(C)c2ccccc2-4)cc1. The van der Waals surface area contributed by atoms with Crippen molar-refractivity contribution in [3.8, 4) is 22.3 Å². The van der Waals surface area contributed by atoms with Gasteiger partial charge in [0.2, 0.25) is 0 Å². The van der Waals surface area contributed by atoms with Crippen LogP contribution in [0.4, 0.5) is 45.5 Å². The van der Waals surface area contributed by atoms with Gasteiger partial charge in [0.25, 0.3) is 6.71 Å². The largest absolute Gasteiger partial charge is 0.335 e. The van der Waals surface area contributed by atoms with Gasteiger partial charge < -0.3 is 14.7 Å². The molecular formula is C74H78BN3. The molecule has 5 aliphatic heterocycles. The fraction of sp³-hybridized carbons (Fsp3) is 0.351. The highest BCUT2D eigenvalue weighted by Crippen LogP contribution is 2.64. The van der Waals surface area contributed by atoms with Crippen LogP contribution in [0.2, 0.25) is 0 Å². The number of hydrogen-bond donors (Lipinski definition) is 0. The molecule has 392 valence electrons. The standard InChI is InChI=1S/C74H78BN3/c1-68(2,3)46-26-31-51(32-27-46)76(52-33-28-47(29-34-52)69(4,5)6)53-41-64-66-65(42-53)78-67-59(72(13)36-18-19-37-73(72,78)14)39-50(71(10,11)12)40-61(67)75(66)60-43-56-54-20-16-17-21-57(54)74(15)48-24-22-45(23-25-48)55-38-49(70(7,8)9)30-35-62(55)77(64)63(60)44-58(56)74/h16-17,20-35,38-44H,18-19,36-37H2,1-15H3. The van der Waals surface area contributed by atoms with Gasteiger partial charge in [-0.05, 0) is 181 Å². The summed E-state index contributed by atoms with van der Waals surface area (Å²) in [5.41, 5.74) is 30.0.